The molecule has 0 unspecified atom stereocenters. The Morgan fingerprint density at radius 3 is 2.00 bits per heavy atom. The third-order valence-electron chi connectivity index (χ3n) is 4.46. The number of hydrogen-bond donors (Lipinski definition) is 0. The second-order valence-corrected chi connectivity index (χ2v) is 6.24. The van der Waals surface area contributed by atoms with Crippen LogP contribution in [-0.2, 0) is 6.54 Å². The van der Waals surface area contributed by atoms with Crippen LogP contribution in [-0.4, -0.2) is 19.7 Å². The first-order chi connectivity index (χ1) is 12.9. The van der Waals surface area contributed by atoms with Crippen molar-refractivity contribution in [1.29, 1.82) is 0 Å². The summed E-state index contributed by atoms with van der Waals surface area (Å²) >= 11 is 0. The van der Waals surface area contributed by atoms with Crippen LogP contribution >= 0.6 is 0 Å². The van der Waals surface area contributed by atoms with E-state index < -0.39 is 0 Å². The molecule has 0 fully saturated rings. The van der Waals surface area contributed by atoms with Gasteiger partial charge in [-0.2, -0.15) is 5.10 Å². The second kappa shape index (κ2) is 6.08. The van der Waals surface area contributed by atoms with Gasteiger partial charge in [0, 0.05) is 5.56 Å². The molecular weight excluding hydrogens is 320 g/mol. The van der Waals surface area contributed by atoms with Crippen LogP contribution < -0.4 is 0 Å². The predicted molar refractivity (Wildman–Crippen MR) is 104 cm³/mol. The van der Waals surface area contributed by atoms with Crippen LogP contribution in [0.3, 0.4) is 0 Å². The van der Waals surface area contributed by atoms with E-state index in [-0.39, 0.29) is 0 Å². The first-order valence-electron chi connectivity index (χ1n) is 8.61. The minimum Gasteiger partial charge on any atom is -0.241 e. The SMILES string of the molecule is c1ccc(Cn2nc(-c3ccccc3)c3nc4ccccc4nc32)cc1. The maximum atomic E-state index is 4.87. The van der Waals surface area contributed by atoms with Crippen LogP contribution in [0.4, 0.5) is 0 Å². The van der Waals surface area contributed by atoms with E-state index in [1.54, 1.807) is 0 Å². The van der Waals surface area contributed by atoms with Crippen molar-refractivity contribution in [3.05, 3.63) is 90.5 Å². The lowest BCUT2D eigenvalue weighted by atomic mass is 10.1. The van der Waals surface area contributed by atoms with E-state index in [0.29, 0.717) is 6.54 Å². The molecule has 2 heterocycles. The third kappa shape index (κ3) is 2.52. The summed E-state index contributed by atoms with van der Waals surface area (Å²) in [6.45, 7) is 0.664. The zero-order valence-electron chi connectivity index (χ0n) is 14.1. The van der Waals surface area contributed by atoms with E-state index in [1.165, 1.54) is 5.56 Å². The molecule has 5 rings (SSSR count). The van der Waals surface area contributed by atoms with Gasteiger partial charge in [0.15, 0.2) is 5.65 Å². The van der Waals surface area contributed by atoms with Crippen molar-refractivity contribution in [3.63, 3.8) is 0 Å². The molecule has 0 aliphatic heterocycles. The van der Waals surface area contributed by atoms with Crippen molar-refractivity contribution in [2.75, 3.05) is 0 Å². The summed E-state index contributed by atoms with van der Waals surface area (Å²) in [6, 6.07) is 28.4. The molecule has 0 atom stereocenters. The van der Waals surface area contributed by atoms with Crippen molar-refractivity contribution in [3.8, 4) is 11.3 Å². The highest BCUT2D eigenvalue weighted by Crippen LogP contribution is 2.27. The summed E-state index contributed by atoms with van der Waals surface area (Å²) in [7, 11) is 0. The number of para-hydroxylation sites is 2. The molecule has 124 valence electrons. The lowest BCUT2D eigenvalue weighted by Crippen LogP contribution is -2.03. The van der Waals surface area contributed by atoms with Gasteiger partial charge in [0.25, 0.3) is 0 Å². The average Bonchev–Trinajstić information content (AvgIpc) is 3.05. The molecule has 0 spiro atoms. The van der Waals surface area contributed by atoms with E-state index >= 15 is 0 Å². The average molecular weight is 336 g/mol. The molecule has 0 aliphatic rings. The summed E-state index contributed by atoms with van der Waals surface area (Å²) < 4.78 is 1.95. The van der Waals surface area contributed by atoms with E-state index in [9.17, 15) is 0 Å². The van der Waals surface area contributed by atoms with Gasteiger partial charge >= 0.3 is 0 Å². The molecule has 2 aromatic heterocycles. The smallest absolute Gasteiger partial charge is 0.178 e. The number of hydrogen-bond acceptors (Lipinski definition) is 3. The first-order valence-corrected chi connectivity index (χ1v) is 8.61. The van der Waals surface area contributed by atoms with Crippen LogP contribution in [0.15, 0.2) is 84.9 Å². The van der Waals surface area contributed by atoms with Gasteiger partial charge in [-0.15, -0.1) is 0 Å². The van der Waals surface area contributed by atoms with Crippen molar-refractivity contribution >= 4 is 22.2 Å². The van der Waals surface area contributed by atoms with E-state index in [0.717, 1.165) is 33.5 Å². The number of aromatic nitrogens is 4. The maximum absolute atomic E-state index is 4.87. The third-order valence-corrected chi connectivity index (χ3v) is 4.46. The number of nitrogens with zero attached hydrogens (tertiary/aromatic N) is 4. The van der Waals surface area contributed by atoms with Crippen LogP contribution in [0, 0.1) is 0 Å². The normalized spacial score (nSPS) is 11.2. The van der Waals surface area contributed by atoms with Gasteiger partial charge in [0.2, 0.25) is 0 Å². The molecule has 26 heavy (non-hydrogen) atoms. The Balaban J connectivity index is 1.77. The Labute approximate surface area is 150 Å². The lowest BCUT2D eigenvalue weighted by Gasteiger charge is -2.03. The largest absolute Gasteiger partial charge is 0.241 e. The minimum atomic E-state index is 0.664. The summed E-state index contributed by atoms with van der Waals surface area (Å²) in [6.07, 6.45) is 0. The molecule has 0 radical (unpaired) electrons. The fraction of sp³-hybridized carbons (Fsp3) is 0.0455. The van der Waals surface area contributed by atoms with Crippen LogP contribution in [0.1, 0.15) is 5.56 Å². The highest BCUT2D eigenvalue weighted by Gasteiger charge is 2.16. The van der Waals surface area contributed by atoms with Gasteiger partial charge in [0.1, 0.15) is 11.2 Å². The Bertz CT molecular complexity index is 1190. The lowest BCUT2D eigenvalue weighted by molar-refractivity contribution is 0.708. The summed E-state index contributed by atoms with van der Waals surface area (Å²) in [5.41, 5.74) is 6.53. The first kappa shape index (κ1) is 14.8. The number of rotatable bonds is 3. The molecule has 4 heteroatoms. The molecule has 0 aliphatic carbocycles. The summed E-state index contributed by atoms with van der Waals surface area (Å²) in [5.74, 6) is 0. The highest BCUT2D eigenvalue weighted by molar-refractivity contribution is 5.93. The molecule has 0 saturated carbocycles. The Hall–Kier alpha value is -3.53. The molecule has 0 saturated heterocycles. The fourth-order valence-electron chi connectivity index (χ4n) is 3.20. The summed E-state index contributed by atoms with van der Waals surface area (Å²) in [5, 5.41) is 4.87. The standard InChI is InChI=1S/C22H16N4/c1-3-9-16(10-4-1)15-26-22-21(20(25-26)17-11-5-2-6-12-17)23-18-13-7-8-14-19(18)24-22/h1-14H,15H2. The molecule has 3 aromatic carbocycles. The molecule has 4 nitrogen and oxygen atoms in total. The predicted octanol–water partition coefficient (Wildman–Crippen LogP) is 4.69. The van der Waals surface area contributed by atoms with Gasteiger partial charge in [-0.05, 0) is 17.7 Å². The molecule has 0 bridgehead atoms. The zero-order valence-corrected chi connectivity index (χ0v) is 14.1. The van der Waals surface area contributed by atoms with Crippen molar-refractivity contribution in [2.24, 2.45) is 0 Å². The molecule has 0 amide bonds. The van der Waals surface area contributed by atoms with Gasteiger partial charge in [-0.1, -0.05) is 72.8 Å². The van der Waals surface area contributed by atoms with Crippen molar-refractivity contribution in [1.82, 2.24) is 19.7 Å². The van der Waals surface area contributed by atoms with Gasteiger partial charge in [-0.25, -0.2) is 14.6 Å². The van der Waals surface area contributed by atoms with E-state index in [1.807, 2.05) is 65.3 Å². The fourth-order valence-corrected chi connectivity index (χ4v) is 3.20. The highest BCUT2D eigenvalue weighted by atomic mass is 15.3. The van der Waals surface area contributed by atoms with Crippen molar-refractivity contribution < 1.29 is 0 Å². The Morgan fingerprint density at radius 1 is 0.654 bits per heavy atom. The summed E-state index contributed by atoms with van der Waals surface area (Å²) in [4.78, 5) is 9.73. The van der Waals surface area contributed by atoms with Crippen LogP contribution in [0.2, 0.25) is 0 Å². The molecular formula is C22H16N4. The van der Waals surface area contributed by atoms with Gasteiger partial charge < -0.3 is 0 Å². The zero-order chi connectivity index (χ0) is 17.3. The van der Waals surface area contributed by atoms with Gasteiger partial charge in [-0.3, -0.25) is 0 Å². The molecule has 0 N–H and O–H groups in total. The Kier molecular flexibility index (Phi) is 3.46. The van der Waals surface area contributed by atoms with Crippen molar-refractivity contribution in [2.45, 2.75) is 6.54 Å². The minimum absolute atomic E-state index is 0.664. The van der Waals surface area contributed by atoms with E-state index in [2.05, 4.69) is 24.3 Å². The second-order valence-electron chi connectivity index (χ2n) is 6.24. The van der Waals surface area contributed by atoms with Crippen LogP contribution in [0.5, 0.6) is 0 Å². The van der Waals surface area contributed by atoms with Crippen LogP contribution in [0.25, 0.3) is 33.5 Å². The quantitative estimate of drug-likeness (QED) is 0.480. The number of benzene rings is 3. The molecule has 5 aromatic rings. The van der Waals surface area contributed by atoms with Gasteiger partial charge in [0.05, 0.1) is 17.6 Å². The maximum Gasteiger partial charge on any atom is 0.178 e. The number of fused-ring (bicyclic) bond motifs is 2. The monoisotopic (exact) mass is 336 g/mol. The topological polar surface area (TPSA) is 43.6 Å². The van der Waals surface area contributed by atoms with E-state index in [4.69, 9.17) is 15.1 Å². The Morgan fingerprint density at radius 2 is 1.27 bits per heavy atom.